The van der Waals surface area contributed by atoms with Crippen molar-refractivity contribution in [2.45, 2.75) is 26.2 Å². The summed E-state index contributed by atoms with van der Waals surface area (Å²) in [6.45, 7) is 3.24. The van der Waals surface area contributed by atoms with E-state index < -0.39 is 0 Å². The molecule has 0 radical (unpaired) electrons. The predicted molar refractivity (Wildman–Crippen MR) is 112 cm³/mol. The van der Waals surface area contributed by atoms with E-state index in [1.54, 1.807) is 4.90 Å². The Kier molecular flexibility index (Phi) is 4.90. The molecule has 1 N–H and O–H groups in total. The van der Waals surface area contributed by atoms with Crippen molar-refractivity contribution in [3.63, 3.8) is 0 Å². The van der Waals surface area contributed by atoms with Crippen molar-refractivity contribution in [2.75, 3.05) is 18.0 Å². The molecule has 0 bridgehead atoms. The van der Waals surface area contributed by atoms with Crippen molar-refractivity contribution in [3.05, 3.63) is 65.4 Å². The summed E-state index contributed by atoms with van der Waals surface area (Å²) in [4.78, 5) is 27.4. The summed E-state index contributed by atoms with van der Waals surface area (Å²) in [5.41, 5.74) is 4.57. The van der Waals surface area contributed by atoms with E-state index in [-0.39, 0.29) is 11.8 Å². The van der Waals surface area contributed by atoms with E-state index >= 15 is 0 Å². The van der Waals surface area contributed by atoms with Crippen LogP contribution in [0, 0.1) is 6.92 Å². The number of aryl methyl sites for hydroxylation is 2. The van der Waals surface area contributed by atoms with Gasteiger partial charge >= 0.3 is 0 Å². The van der Waals surface area contributed by atoms with Gasteiger partial charge in [-0.3, -0.25) is 9.59 Å². The lowest BCUT2D eigenvalue weighted by Gasteiger charge is -2.18. The Bertz CT molecular complexity index is 1040. The highest BCUT2D eigenvalue weighted by Crippen LogP contribution is 2.36. The van der Waals surface area contributed by atoms with Crippen molar-refractivity contribution in [1.29, 1.82) is 0 Å². The van der Waals surface area contributed by atoms with Crippen LogP contribution in [-0.2, 0) is 18.3 Å². The highest BCUT2D eigenvalue weighted by Gasteiger charge is 2.31. The fourth-order valence-corrected chi connectivity index (χ4v) is 4.01. The Balaban J connectivity index is 1.68. The minimum atomic E-state index is -0.137. The Labute approximate surface area is 165 Å². The molecule has 5 nitrogen and oxygen atoms in total. The summed E-state index contributed by atoms with van der Waals surface area (Å²) in [5.74, 6) is -0.0469. The van der Waals surface area contributed by atoms with Gasteiger partial charge in [-0.15, -0.1) is 0 Å². The molecule has 2 heterocycles. The minimum Gasteiger partial charge on any atom is -0.350 e. The van der Waals surface area contributed by atoms with Crippen molar-refractivity contribution in [3.8, 4) is 0 Å². The molecule has 0 atom stereocenters. The van der Waals surface area contributed by atoms with E-state index in [0.29, 0.717) is 25.2 Å². The van der Waals surface area contributed by atoms with Gasteiger partial charge < -0.3 is 14.8 Å². The molecule has 1 aromatic heterocycles. The first-order valence-electron chi connectivity index (χ1n) is 9.78. The number of carbonyl (C=O) groups is 2. The van der Waals surface area contributed by atoms with Gasteiger partial charge in [0, 0.05) is 31.9 Å². The summed E-state index contributed by atoms with van der Waals surface area (Å²) in [6.07, 6.45) is 2.14. The number of benzene rings is 2. The summed E-state index contributed by atoms with van der Waals surface area (Å²) < 4.78 is 1.91. The molecule has 1 saturated heterocycles. The van der Waals surface area contributed by atoms with Crippen molar-refractivity contribution in [1.82, 2.24) is 9.88 Å². The molecule has 0 aliphatic carbocycles. The van der Waals surface area contributed by atoms with Crippen molar-refractivity contribution in [2.24, 2.45) is 7.05 Å². The van der Waals surface area contributed by atoms with E-state index in [4.69, 9.17) is 0 Å². The molecular weight excluding hydrogens is 350 g/mol. The summed E-state index contributed by atoms with van der Waals surface area (Å²) in [6, 6.07) is 16.2. The number of fused-ring (bicyclic) bond motifs is 1. The lowest BCUT2D eigenvalue weighted by atomic mass is 10.1. The fraction of sp³-hybridized carbons (Fsp3) is 0.304. The number of amides is 2. The van der Waals surface area contributed by atoms with Gasteiger partial charge in [0.1, 0.15) is 5.69 Å². The molecule has 1 aliphatic heterocycles. The van der Waals surface area contributed by atoms with Crippen LogP contribution >= 0.6 is 0 Å². The lowest BCUT2D eigenvalue weighted by molar-refractivity contribution is -0.117. The fourth-order valence-electron chi connectivity index (χ4n) is 4.01. The van der Waals surface area contributed by atoms with Crippen LogP contribution in [0.5, 0.6) is 0 Å². The highest BCUT2D eigenvalue weighted by atomic mass is 16.2. The molecule has 0 spiro atoms. The largest absolute Gasteiger partial charge is 0.350 e. The van der Waals surface area contributed by atoms with E-state index in [2.05, 4.69) is 23.5 Å². The Hall–Kier alpha value is -3.08. The molecule has 5 heteroatoms. The van der Waals surface area contributed by atoms with E-state index in [9.17, 15) is 9.59 Å². The van der Waals surface area contributed by atoms with E-state index in [0.717, 1.165) is 35.0 Å². The van der Waals surface area contributed by atoms with Gasteiger partial charge in [0.25, 0.3) is 5.91 Å². The molecular formula is C23H25N3O2. The number of rotatable bonds is 5. The molecule has 3 aromatic rings. The maximum absolute atomic E-state index is 13.1. The first-order valence-corrected chi connectivity index (χ1v) is 9.78. The quantitative estimate of drug-likeness (QED) is 0.741. The monoisotopic (exact) mass is 375 g/mol. The molecule has 1 aliphatic rings. The van der Waals surface area contributed by atoms with E-state index in [1.807, 2.05) is 48.9 Å². The lowest BCUT2D eigenvalue weighted by Crippen LogP contribution is -2.31. The number of anilines is 1. The molecule has 2 aromatic carbocycles. The van der Waals surface area contributed by atoms with Gasteiger partial charge in [-0.05, 0) is 37.5 Å². The second kappa shape index (κ2) is 7.50. The summed E-state index contributed by atoms with van der Waals surface area (Å²) >= 11 is 0. The third kappa shape index (κ3) is 3.28. The van der Waals surface area contributed by atoms with Crippen LogP contribution in [0.4, 0.5) is 5.69 Å². The Morgan fingerprint density at radius 2 is 1.93 bits per heavy atom. The van der Waals surface area contributed by atoms with Gasteiger partial charge in [0.2, 0.25) is 5.91 Å². The van der Waals surface area contributed by atoms with E-state index in [1.165, 1.54) is 5.56 Å². The zero-order valence-electron chi connectivity index (χ0n) is 16.4. The SMILES string of the molecule is Cc1ccc2c(c1)c(N1CCCC1=O)c(C(=O)NCCc1ccccc1)n2C. The number of carbonyl (C=O) groups excluding carboxylic acids is 2. The average Bonchev–Trinajstić information content (AvgIpc) is 3.23. The van der Waals surface area contributed by atoms with Gasteiger partial charge in [0.15, 0.2) is 0 Å². The van der Waals surface area contributed by atoms with Crippen LogP contribution in [0.1, 0.15) is 34.5 Å². The first kappa shape index (κ1) is 18.3. The minimum absolute atomic E-state index is 0.0901. The number of hydrogen-bond acceptors (Lipinski definition) is 2. The van der Waals surface area contributed by atoms with Crippen LogP contribution in [0.25, 0.3) is 10.9 Å². The van der Waals surface area contributed by atoms with Crippen molar-refractivity contribution >= 4 is 28.4 Å². The van der Waals surface area contributed by atoms with Gasteiger partial charge in [-0.1, -0.05) is 42.0 Å². The molecule has 144 valence electrons. The number of nitrogens with zero attached hydrogens (tertiary/aromatic N) is 2. The second-order valence-corrected chi connectivity index (χ2v) is 7.42. The number of aromatic nitrogens is 1. The van der Waals surface area contributed by atoms with Crippen LogP contribution in [0.15, 0.2) is 48.5 Å². The molecule has 4 rings (SSSR count). The van der Waals surface area contributed by atoms with Gasteiger partial charge in [-0.25, -0.2) is 0 Å². The van der Waals surface area contributed by atoms with Gasteiger partial charge in [-0.2, -0.15) is 0 Å². The maximum atomic E-state index is 13.1. The second-order valence-electron chi connectivity index (χ2n) is 7.42. The predicted octanol–water partition coefficient (Wildman–Crippen LogP) is 3.59. The average molecular weight is 375 g/mol. The van der Waals surface area contributed by atoms with Crippen LogP contribution in [-0.4, -0.2) is 29.5 Å². The highest BCUT2D eigenvalue weighted by molar-refractivity contribution is 6.14. The van der Waals surface area contributed by atoms with Crippen LogP contribution < -0.4 is 10.2 Å². The summed E-state index contributed by atoms with van der Waals surface area (Å²) in [7, 11) is 1.90. The standard InChI is InChI=1S/C23H25N3O2/c1-16-10-11-19-18(15-16)21(26-14-6-9-20(26)27)22(25(19)2)23(28)24-13-12-17-7-4-3-5-8-17/h3-5,7-8,10-11,15H,6,9,12-14H2,1-2H3,(H,24,28). The maximum Gasteiger partial charge on any atom is 0.270 e. The van der Waals surface area contributed by atoms with Gasteiger partial charge in [0.05, 0.1) is 11.2 Å². The van der Waals surface area contributed by atoms with Crippen LogP contribution in [0.2, 0.25) is 0 Å². The molecule has 1 fully saturated rings. The van der Waals surface area contributed by atoms with Crippen LogP contribution in [0.3, 0.4) is 0 Å². The zero-order valence-corrected chi connectivity index (χ0v) is 16.4. The summed E-state index contributed by atoms with van der Waals surface area (Å²) in [5, 5.41) is 4.01. The van der Waals surface area contributed by atoms with Crippen molar-refractivity contribution < 1.29 is 9.59 Å². The number of hydrogen-bond donors (Lipinski definition) is 1. The topological polar surface area (TPSA) is 54.3 Å². The first-order chi connectivity index (χ1) is 13.6. The normalized spacial score (nSPS) is 14.1. The zero-order chi connectivity index (χ0) is 19.7. The molecule has 2 amide bonds. The number of nitrogens with one attached hydrogen (secondary N) is 1. The third-order valence-electron chi connectivity index (χ3n) is 5.43. The third-order valence-corrected chi connectivity index (χ3v) is 5.43. The Morgan fingerprint density at radius 3 is 2.64 bits per heavy atom. The molecule has 0 unspecified atom stereocenters. The smallest absolute Gasteiger partial charge is 0.270 e. The Morgan fingerprint density at radius 1 is 1.14 bits per heavy atom. The molecule has 0 saturated carbocycles. The molecule has 28 heavy (non-hydrogen) atoms.